The fourth-order valence-corrected chi connectivity index (χ4v) is 3.39. The van der Waals surface area contributed by atoms with Crippen molar-refractivity contribution in [2.75, 3.05) is 11.1 Å². The van der Waals surface area contributed by atoms with Crippen LogP contribution in [0.3, 0.4) is 0 Å². The lowest BCUT2D eigenvalue weighted by Gasteiger charge is -2.08. The van der Waals surface area contributed by atoms with E-state index in [0.29, 0.717) is 5.75 Å². The minimum atomic E-state index is 0.0406. The second-order valence-corrected chi connectivity index (χ2v) is 6.51. The van der Waals surface area contributed by atoms with Crippen molar-refractivity contribution in [2.45, 2.75) is 12.7 Å². The monoisotopic (exact) mass is 321 g/mol. The summed E-state index contributed by atoms with van der Waals surface area (Å²) in [5.41, 5.74) is 3.41. The van der Waals surface area contributed by atoms with Crippen LogP contribution in [0, 0.1) is 6.92 Å². The third-order valence-electron chi connectivity index (χ3n) is 3.79. The van der Waals surface area contributed by atoms with Gasteiger partial charge in [-0.1, -0.05) is 54.6 Å². The quantitative estimate of drug-likeness (QED) is 0.715. The molecule has 0 aliphatic heterocycles. The van der Waals surface area contributed by atoms with Gasteiger partial charge in [0.15, 0.2) is 0 Å². The van der Waals surface area contributed by atoms with E-state index in [1.807, 2.05) is 42.5 Å². The van der Waals surface area contributed by atoms with Crippen LogP contribution >= 0.6 is 11.8 Å². The van der Waals surface area contributed by atoms with E-state index in [4.69, 9.17) is 0 Å². The van der Waals surface area contributed by atoms with Crippen molar-refractivity contribution in [3.63, 3.8) is 0 Å². The molecule has 116 valence electrons. The standard InChI is InChI=1S/C20H19NOS/c1-15-6-2-3-9-18(15)13-23-14-20(22)21-19-11-10-16-7-4-5-8-17(16)12-19/h2-12H,13-14H2,1H3,(H,21,22). The Bertz CT molecular complexity index is 828. The minimum Gasteiger partial charge on any atom is -0.325 e. The molecular formula is C20H19NOS. The lowest BCUT2D eigenvalue weighted by atomic mass is 10.1. The lowest BCUT2D eigenvalue weighted by Crippen LogP contribution is -2.14. The smallest absolute Gasteiger partial charge is 0.234 e. The highest BCUT2D eigenvalue weighted by Crippen LogP contribution is 2.20. The van der Waals surface area contributed by atoms with E-state index in [1.54, 1.807) is 11.8 Å². The zero-order valence-corrected chi connectivity index (χ0v) is 13.9. The average Bonchev–Trinajstić information content (AvgIpc) is 2.56. The third-order valence-corrected chi connectivity index (χ3v) is 4.77. The summed E-state index contributed by atoms with van der Waals surface area (Å²) in [4.78, 5) is 12.1. The summed E-state index contributed by atoms with van der Waals surface area (Å²) in [6.07, 6.45) is 0. The van der Waals surface area contributed by atoms with Gasteiger partial charge in [-0.15, -0.1) is 11.8 Å². The van der Waals surface area contributed by atoms with Gasteiger partial charge in [0.2, 0.25) is 5.91 Å². The number of fused-ring (bicyclic) bond motifs is 1. The number of carbonyl (C=O) groups excluding carboxylic acids is 1. The molecule has 3 aromatic carbocycles. The van der Waals surface area contributed by atoms with Gasteiger partial charge in [-0.2, -0.15) is 0 Å². The first-order chi connectivity index (χ1) is 11.2. The van der Waals surface area contributed by atoms with Crippen molar-refractivity contribution < 1.29 is 4.79 Å². The predicted molar refractivity (Wildman–Crippen MR) is 99.9 cm³/mol. The van der Waals surface area contributed by atoms with Crippen molar-refractivity contribution in [3.8, 4) is 0 Å². The summed E-state index contributed by atoms with van der Waals surface area (Å²) in [6.45, 7) is 2.10. The number of anilines is 1. The highest BCUT2D eigenvalue weighted by molar-refractivity contribution is 7.99. The molecule has 0 fully saturated rings. The fraction of sp³-hybridized carbons (Fsp3) is 0.150. The zero-order valence-electron chi connectivity index (χ0n) is 13.1. The molecule has 0 spiro atoms. The molecule has 0 saturated carbocycles. The second-order valence-electron chi connectivity index (χ2n) is 5.53. The van der Waals surface area contributed by atoms with Crippen molar-refractivity contribution in [1.82, 2.24) is 0 Å². The Labute approximate surface area is 140 Å². The van der Waals surface area contributed by atoms with Crippen molar-refractivity contribution in [3.05, 3.63) is 77.9 Å². The van der Waals surface area contributed by atoms with E-state index in [0.717, 1.165) is 16.8 Å². The molecule has 0 atom stereocenters. The van der Waals surface area contributed by atoms with Crippen molar-refractivity contribution in [2.24, 2.45) is 0 Å². The van der Waals surface area contributed by atoms with Gasteiger partial charge >= 0.3 is 0 Å². The molecule has 0 saturated heterocycles. The van der Waals surface area contributed by atoms with Crippen LogP contribution in [0.25, 0.3) is 10.8 Å². The maximum Gasteiger partial charge on any atom is 0.234 e. The first-order valence-electron chi connectivity index (χ1n) is 7.63. The third kappa shape index (κ3) is 4.14. The Morgan fingerprint density at radius 1 is 0.957 bits per heavy atom. The largest absolute Gasteiger partial charge is 0.325 e. The summed E-state index contributed by atoms with van der Waals surface area (Å²) >= 11 is 1.64. The van der Waals surface area contributed by atoms with Gasteiger partial charge in [0, 0.05) is 11.4 Å². The van der Waals surface area contributed by atoms with Crippen molar-refractivity contribution >= 4 is 34.1 Å². The van der Waals surface area contributed by atoms with E-state index in [1.165, 1.54) is 16.5 Å². The fourth-order valence-electron chi connectivity index (χ4n) is 2.49. The normalized spacial score (nSPS) is 10.7. The van der Waals surface area contributed by atoms with Crippen LogP contribution in [-0.4, -0.2) is 11.7 Å². The summed E-state index contributed by atoms with van der Waals surface area (Å²) in [5, 5.41) is 5.29. The van der Waals surface area contributed by atoms with Crippen LogP contribution in [0.2, 0.25) is 0 Å². The minimum absolute atomic E-state index is 0.0406. The van der Waals surface area contributed by atoms with Gasteiger partial charge in [-0.3, -0.25) is 4.79 Å². The number of thioether (sulfide) groups is 1. The van der Waals surface area contributed by atoms with E-state index in [-0.39, 0.29) is 5.91 Å². The molecular weight excluding hydrogens is 302 g/mol. The van der Waals surface area contributed by atoms with Gasteiger partial charge < -0.3 is 5.32 Å². The molecule has 0 aromatic heterocycles. The summed E-state index contributed by atoms with van der Waals surface area (Å²) < 4.78 is 0. The number of benzene rings is 3. The van der Waals surface area contributed by atoms with Gasteiger partial charge in [0.25, 0.3) is 0 Å². The first kappa shape index (κ1) is 15.6. The summed E-state index contributed by atoms with van der Waals surface area (Å²) in [5.74, 6) is 1.36. The Morgan fingerprint density at radius 3 is 2.52 bits per heavy atom. The van der Waals surface area contributed by atoms with Crippen LogP contribution in [-0.2, 0) is 10.5 Å². The molecule has 3 rings (SSSR count). The molecule has 0 unspecified atom stereocenters. The topological polar surface area (TPSA) is 29.1 Å². The van der Waals surface area contributed by atoms with E-state index >= 15 is 0 Å². The van der Waals surface area contributed by atoms with E-state index in [9.17, 15) is 4.79 Å². The zero-order chi connectivity index (χ0) is 16.1. The van der Waals surface area contributed by atoms with E-state index in [2.05, 4.69) is 36.5 Å². The van der Waals surface area contributed by atoms with Gasteiger partial charge in [-0.25, -0.2) is 0 Å². The van der Waals surface area contributed by atoms with Crippen LogP contribution in [0.5, 0.6) is 0 Å². The lowest BCUT2D eigenvalue weighted by molar-refractivity contribution is -0.113. The predicted octanol–water partition coefficient (Wildman–Crippen LogP) is 5.02. The average molecular weight is 321 g/mol. The molecule has 0 heterocycles. The van der Waals surface area contributed by atoms with Gasteiger partial charge in [0.1, 0.15) is 0 Å². The molecule has 0 bridgehead atoms. The molecule has 23 heavy (non-hydrogen) atoms. The number of hydrogen-bond acceptors (Lipinski definition) is 2. The molecule has 3 aromatic rings. The van der Waals surface area contributed by atoms with Crippen LogP contribution in [0.15, 0.2) is 66.7 Å². The second kappa shape index (κ2) is 7.34. The number of nitrogens with one attached hydrogen (secondary N) is 1. The molecule has 0 radical (unpaired) electrons. The summed E-state index contributed by atoms with van der Waals surface area (Å²) in [7, 11) is 0. The molecule has 0 aliphatic rings. The highest BCUT2D eigenvalue weighted by atomic mass is 32.2. The van der Waals surface area contributed by atoms with Gasteiger partial charge in [-0.05, 0) is 41.0 Å². The molecule has 0 aliphatic carbocycles. The highest BCUT2D eigenvalue weighted by Gasteiger charge is 2.05. The maximum absolute atomic E-state index is 12.1. The van der Waals surface area contributed by atoms with Crippen LogP contribution < -0.4 is 5.32 Å². The van der Waals surface area contributed by atoms with Crippen molar-refractivity contribution in [1.29, 1.82) is 0 Å². The SMILES string of the molecule is Cc1ccccc1CSCC(=O)Nc1ccc2ccccc2c1. The molecule has 3 heteroatoms. The van der Waals surface area contributed by atoms with E-state index < -0.39 is 0 Å². The Balaban J connectivity index is 1.55. The number of carbonyl (C=O) groups is 1. The molecule has 1 amide bonds. The Morgan fingerprint density at radius 2 is 1.70 bits per heavy atom. The maximum atomic E-state index is 12.1. The summed E-state index contributed by atoms with van der Waals surface area (Å²) in [6, 6.07) is 22.4. The molecule has 1 N–H and O–H groups in total. The Kier molecular flexibility index (Phi) is 4.99. The van der Waals surface area contributed by atoms with Crippen LogP contribution in [0.1, 0.15) is 11.1 Å². The first-order valence-corrected chi connectivity index (χ1v) is 8.79. The molecule has 2 nitrogen and oxygen atoms in total. The van der Waals surface area contributed by atoms with Gasteiger partial charge in [0.05, 0.1) is 5.75 Å². The number of amides is 1. The number of aryl methyl sites for hydroxylation is 1. The Hall–Kier alpha value is -2.26. The number of hydrogen-bond donors (Lipinski definition) is 1. The number of rotatable bonds is 5. The van der Waals surface area contributed by atoms with Crippen LogP contribution in [0.4, 0.5) is 5.69 Å².